The SMILES string of the molecule is Fc1cccc(NCc2ccc(Br)cc2)c1. The molecule has 3 heteroatoms. The zero-order valence-corrected chi connectivity index (χ0v) is 10.2. The van der Waals surface area contributed by atoms with Gasteiger partial charge < -0.3 is 5.32 Å². The Labute approximate surface area is 102 Å². The zero-order valence-electron chi connectivity index (χ0n) is 8.58. The third kappa shape index (κ3) is 3.07. The molecule has 1 N–H and O–H groups in total. The van der Waals surface area contributed by atoms with E-state index in [9.17, 15) is 4.39 Å². The van der Waals surface area contributed by atoms with Crippen molar-refractivity contribution < 1.29 is 4.39 Å². The van der Waals surface area contributed by atoms with Crippen LogP contribution in [0.2, 0.25) is 0 Å². The molecule has 0 heterocycles. The lowest BCUT2D eigenvalue weighted by atomic mass is 10.2. The summed E-state index contributed by atoms with van der Waals surface area (Å²) in [6.45, 7) is 0.691. The van der Waals surface area contributed by atoms with Crippen molar-refractivity contribution in [1.82, 2.24) is 0 Å². The molecule has 1 nitrogen and oxygen atoms in total. The van der Waals surface area contributed by atoms with Crippen LogP contribution >= 0.6 is 15.9 Å². The van der Waals surface area contributed by atoms with Crippen LogP contribution in [0.3, 0.4) is 0 Å². The molecule has 0 unspecified atom stereocenters. The monoisotopic (exact) mass is 279 g/mol. The van der Waals surface area contributed by atoms with Crippen LogP contribution in [0.25, 0.3) is 0 Å². The summed E-state index contributed by atoms with van der Waals surface area (Å²) in [4.78, 5) is 0. The molecule has 0 fully saturated rings. The highest BCUT2D eigenvalue weighted by Crippen LogP contribution is 2.13. The van der Waals surface area contributed by atoms with Gasteiger partial charge in [0.1, 0.15) is 5.82 Å². The molecule has 0 aliphatic carbocycles. The second kappa shape index (κ2) is 5.12. The third-order valence-electron chi connectivity index (χ3n) is 2.23. The topological polar surface area (TPSA) is 12.0 Å². The molecule has 2 aromatic carbocycles. The summed E-state index contributed by atoms with van der Waals surface area (Å²) >= 11 is 3.38. The van der Waals surface area contributed by atoms with Crippen molar-refractivity contribution in [3.63, 3.8) is 0 Å². The van der Waals surface area contributed by atoms with Crippen molar-refractivity contribution >= 4 is 21.6 Å². The Kier molecular flexibility index (Phi) is 3.57. The van der Waals surface area contributed by atoms with Crippen LogP contribution in [0, 0.1) is 5.82 Å². The highest BCUT2D eigenvalue weighted by Gasteiger charge is 1.95. The summed E-state index contributed by atoms with van der Waals surface area (Å²) in [5, 5.41) is 3.17. The Hall–Kier alpha value is -1.35. The van der Waals surface area contributed by atoms with E-state index in [1.807, 2.05) is 30.3 Å². The molecule has 0 radical (unpaired) electrons. The molecular formula is C13H11BrFN. The number of hydrogen-bond acceptors (Lipinski definition) is 1. The van der Waals surface area contributed by atoms with Gasteiger partial charge in [-0.15, -0.1) is 0 Å². The number of benzene rings is 2. The normalized spacial score (nSPS) is 10.1. The molecule has 2 rings (SSSR count). The van der Waals surface area contributed by atoms with Crippen molar-refractivity contribution in [2.45, 2.75) is 6.54 Å². The second-order valence-corrected chi connectivity index (χ2v) is 4.41. The Morgan fingerprint density at radius 3 is 2.50 bits per heavy atom. The summed E-state index contributed by atoms with van der Waals surface area (Å²) in [7, 11) is 0. The highest BCUT2D eigenvalue weighted by atomic mass is 79.9. The van der Waals surface area contributed by atoms with Gasteiger partial charge in [0.05, 0.1) is 0 Å². The molecule has 0 amide bonds. The molecule has 0 aromatic heterocycles. The van der Waals surface area contributed by atoms with Gasteiger partial charge in [-0.2, -0.15) is 0 Å². The maximum Gasteiger partial charge on any atom is 0.125 e. The van der Waals surface area contributed by atoms with Gasteiger partial charge in [0, 0.05) is 16.7 Å². The average Bonchev–Trinajstić information content (AvgIpc) is 2.28. The summed E-state index contributed by atoms with van der Waals surface area (Å²) < 4.78 is 14.0. The molecule has 0 saturated carbocycles. The van der Waals surface area contributed by atoms with E-state index in [0.29, 0.717) is 6.54 Å². The fraction of sp³-hybridized carbons (Fsp3) is 0.0769. The molecule has 0 aliphatic heterocycles. The molecule has 0 bridgehead atoms. The van der Waals surface area contributed by atoms with Crippen molar-refractivity contribution in [1.29, 1.82) is 0 Å². The highest BCUT2D eigenvalue weighted by molar-refractivity contribution is 9.10. The number of anilines is 1. The molecule has 16 heavy (non-hydrogen) atoms. The fourth-order valence-electron chi connectivity index (χ4n) is 1.40. The Bertz CT molecular complexity index is 468. The summed E-state index contributed by atoms with van der Waals surface area (Å²) in [6, 6.07) is 14.5. The predicted octanol–water partition coefficient (Wildman–Crippen LogP) is 4.20. The van der Waals surface area contributed by atoms with Gasteiger partial charge in [-0.05, 0) is 35.9 Å². The molecule has 82 valence electrons. The van der Waals surface area contributed by atoms with Crippen molar-refractivity contribution in [3.05, 3.63) is 64.4 Å². The number of hydrogen-bond donors (Lipinski definition) is 1. The van der Waals surface area contributed by atoms with Gasteiger partial charge in [0.2, 0.25) is 0 Å². The summed E-state index contributed by atoms with van der Waals surface area (Å²) in [5.41, 5.74) is 1.95. The van der Waals surface area contributed by atoms with Gasteiger partial charge in [0.25, 0.3) is 0 Å². The van der Waals surface area contributed by atoms with Crippen LogP contribution in [-0.4, -0.2) is 0 Å². The Morgan fingerprint density at radius 2 is 1.81 bits per heavy atom. The van der Waals surface area contributed by atoms with Crippen LogP contribution < -0.4 is 5.32 Å². The van der Waals surface area contributed by atoms with E-state index in [4.69, 9.17) is 0 Å². The van der Waals surface area contributed by atoms with E-state index >= 15 is 0 Å². The van der Waals surface area contributed by atoms with Gasteiger partial charge in [-0.3, -0.25) is 0 Å². The molecule has 0 atom stereocenters. The Morgan fingerprint density at radius 1 is 1.06 bits per heavy atom. The second-order valence-electron chi connectivity index (χ2n) is 3.49. The minimum absolute atomic E-state index is 0.221. The van der Waals surface area contributed by atoms with E-state index < -0.39 is 0 Å². The minimum Gasteiger partial charge on any atom is -0.381 e. The third-order valence-corrected chi connectivity index (χ3v) is 2.76. The van der Waals surface area contributed by atoms with Crippen molar-refractivity contribution in [3.8, 4) is 0 Å². The molecular weight excluding hydrogens is 269 g/mol. The first-order chi connectivity index (χ1) is 7.74. The van der Waals surface area contributed by atoms with E-state index in [1.54, 1.807) is 6.07 Å². The van der Waals surface area contributed by atoms with Crippen LogP contribution in [0.5, 0.6) is 0 Å². The average molecular weight is 280 g/mol. The van der Waals surface area contributed by atoms with Crippen molar-refractivity contribution in [2.75, 3.05) is 5.32 Å². The maximum atomic E-state index is 12.9. The number of rotatable bonds is 3. The van der Waals surface area contributed by atoms with Gasteiger partial charge in [-0.1, -0.05) is 34.1 Å². The maximum absolute atomic E-state index is 12.9. The van der Waals surface area contributed by atoms with Crippen LogP contribution in [0.1, 0.15) is 5.56 Å². The van der Waals surface area contributed by atoms with Gasteiger partial charge in [-0.25, -0.2) is 4.39 Å². The van der Waals surface area contributed by atoms with E-state index in [2.05, 4.69) is 21.2 Å². The lowest BCUT2D eigenvalue weighted by molar-refractivity contribution is 0.628. The van der Waals surface area contributed by atoms with Crippen LogP contribution in [-0.2, 0) is 6.54 Å². The zero-order chi connectivity index (χ0) is 11.4. The molecule has 0 saturated heterocycles. The minimum atomic E-state index is -0.221. The van der Waals surface area contributed by atoms with Gasteiger partial charge in [0.15, 0.2) is 0 Å². The lowest BCUT2D eigenvalue weighted by Gasteiger charge is -2.06. The molecule has 2 aromatic rings. The standard InChI is InChI=1S/C13H11BrFN/c14-11-6-4-10(5-7-11)9-16-13-3-1-2-12(15)8-13/h1-8,16H,9H2. The fourth-order valence-corrected chi connectivity index (χ4v) is 1.67. The predicted molar refractivity (Wildman–Crippen MR) is 67.9 cm³/mol. The number of halogens is 2. The molecule has 0 spiro atoms. The first-order valence-electron chi connectivity index (χ1n) is 4.98. The first kappa shape index (κ1) is 11.1. The number of nitrogens with one attached hydrogen (secondary N) is 1. The molecule has 0 aliphatic rings. The lowest BCUT2D eigenvalue weighted by Crippen LogP contribution is -1.99. The summed E-state index contributed by atoms with van der Waals surface area (Å²) in [6.07, 6.45) is 0. The summed E-state index contributed by atoms with van der Waals surface area (Å²) in [5.74, 6) is -0.221. The van der Waals surface area contributed by atoms with Crippen LogP contribution in [0.15, 0.2) is 53.0 Å². The Balaban J connectivity index is 1.99. The van der Waals surface area contributed by atoms with E-state index in [0.717, 1.165) is 15.7 Å². The van der Waals surface area contributed by atoms with Crippen LogP contribution in [0.4, 0.5) is 10.1 Å². The van der Waals surface area contributed by atoms with E-state index in [1.165, 1.54) is 12.1 Å². The quantitative estimate of drug-likeness (QED) is 0.888. The van der Waals surface area contributed by atoms with Crippen molar-refractivity contribution in [2.24, 2.45) is 0 Å². The van der Waals surface area contributed by atoms with Gasteiger partial charge >= 0.3 is 0 Å². The largest absolute Gasteiger partial charge is 0.381 e. The first-order valence-corrected chi connectivity index (χ1v) is 5.77. The van der Waals surface area contributed by atoms with E-state index in [-0.39, 0.29) is 5.82 Å². The smallest absolute Gasteiger partial charge is 0.125 e.